The van der Waals surface area contributed by atoms with Gasteiger partial charge in [0.05, 0.1) is 5.69 Å². The summed E-state index contributed by atoms with van der Waals surface area (Å²) in [5, 5.41) is 7.38. The molecule has 2 rings (SSSR count). The van der Waals surface area contributed by atoms with Crippen molar-refractivity contribution in [3.63, 3.8) is 0 Å². The van der Waals surface area contributed by atoms with Gasteiger partial charge in [-0.1, -0.05) is 24.3 Å². The van der Waals surface area contributed by atoms with Crippen molar-refractivity contribution in [2.45, 2.75) is 4.90 Å². The lowest BCUT2D eigenvalue weighted by atomic mass is 10.2. The second kappa shape index (κ2) is 5.53. The molecule has 2 aromatic rings. The number of nitrogen functional groups attached to an aromatic ring is 1. The van der Waals surface area contributed by atoms with Crippen LogP contribution in [0, 0.1) is 11.2 Å². The molecule has 21 heavy (non-hydrogen) atoms. The van der Waals surface area contributed by atoms with Crippen molar-refractivity contribution in [1.29, 1.82) is 5.41 Å². The van der Waals surface area contributed by atoms with E-state index in [4.69, 9.17) is 11.1 Å². The molecule has 0 saturated carbocycles. The Balaban J connectivity index is 2.48. The van der Waals surface area contributed by atoms with Crippen LogP contribution in [0.2, 0.25) is 0 Å². The van der Waals surface area contributed by atoms with Crippen LogP contribution in [0.1, 0.15) is 5.56 Å². The molecule has 0 amide bonds. The molecular formula is C14H14FN3O2S. The van der Waals surface area contributed by atoms with Gasteiger partial charge >= 0.3 is 0 Å². The third kappa shape index (κ3) is 2.87. The second-order valence-corrected chi connectivity index (χ2v) is 6.30. The Bertz CT molecular complexity index is 790. The van der Waals surface area contributed by atoms with Crippen LogP contribution in [-0.2, 0) is 10.0 Å². The Hall–Kier alpha value is -2.41. The zero-order valence-electron chi connectivity index (χ0n) is 11.2. The normalized spacial score (nSPS) is 11.1. The van der Waals surface area contributed by atoms with Crippen molar-refractivity contribution in [1.82, 2.24) is 0 Å². The first-order valence-corrected chi connectivity index (χ1v) is 7.46. The van der Waals surface area contributed by atoms with Gasteiger partial charge in [0.15, 0.2) is 0 Å². The molecule has 110 valence electrons. The summed E-state index contributed by atoms with van der Waals surface area (Å²) < 4.78 is 39.5. The zero-order valence-corrected chi connectivity index (χ0v) is 12.1. The number of nitrogens with two attached hydrogens (primary N) is 1. The maximum Gasteiger partial charge on any atom is 0.266 e. The standard InChI is InChI=1S/C14H14FN3O2S/c1-18(11-6-4-5-10(9-11)14(16)17)21(19,20)13-8-3-2-7-12(13)15/h2-9H,1H3,(H3,16,17). The Morgan fingerprint density at radius 3 is 2.48 bits per heavy atom. The molecule has 0 heterocycles. The molecule has 0 aliphatic rings. The average molecular weight is 307 g/mol. The van der Waals surface area contributed by atoms with Gasteiger partial charge in [0.1, 0.15) is 16.5 Å². The first-order chi connectivity index (χ1) is 9.84. The SMILES string of the molecule is CN(c1cccc(C(=N)N)c1)S(=O)(=O)c1ccccc1F. The van der Waals surface area contributed by atoms with Crippen molar-refractivity contribution >= 4 is 21.5 Å². The maximum atomic E-state index is 13.7. The van der Waals surface area contributed by atoms with Crippen LogP contribution in [0.3, 0.4) is 0 Å². The molecule has 0 saturated heterocycles. The van der Waals surface area contributed by atoms with Gasteiger partial charge in [0.25, 0.3) is 10.0 Å². The summed E-state index contributed by atoms with van der Waals surface area (Å²) >= 11 is 0. The van der Waals surface area contributed by atoms with Crippen LogP contribution in [-0.4, -0.2) is 21.3 Å². The molecule has 0 atom stereocenters. The van der Waals surface area contributed by atoms with Gasteiger partial charge in [0, 0.05) is 12.6 Å². The number of anilines is 1. The van der Waals surface area contributed by atoms with Crippen LogP contribution in [0.15, 0.2) is 53.4 Å². The lowest BCUT2D eigenvalue weighted by Gasteiger charge is -2.20. The van der Waals surface area contributed by atoms with Gasteiger partial charge in [-0.3, -0.25) is 9.71 Å². The molecule has 0 aromatic heterocycles. The number of sulfonamides is 1. The van der Waals surface area contributed by atoms with E-state index in [1.165, 1.54) is 31.3 Å². The number of nitrogens with one attached hydrogen (secondary N) is 1. The molecule has 0 fully saturated rings. The highest BCUT2D eigenvalue weighted by atomic mass is 32.2. The summed E-state index contributed by atoms with van der Waals surface area (Å²) in [6.07, 6.45) is 0. The molecule has 2 aromatic carbocycles. The lowest BCUT2D eigenvalue weighted by Crippen LogP contribution is -2.27. The molecule has 0 radical (unpaired) electrons. The molecule has 5 nitrogen and oxygen atoms in total. The molecule has 3 N–H and O–H groups in total. The molecule has 0 bridgehead atoms. The minimum Gasteiger partial charge on any atom is -0.384 e. The minimum absolute atomic E-state index is 0.173. The topological polar surface area (TPSA) is 87.2 Å². The highest BCUT2D eigenvalue weighted by molar-refractivity contribution is 7.92. The van der Waals surface area contributed by atoms with Crippen LogP contribution in [0.5, 0.6) is 0 Å². The largest absolute Gasteiger partial charge is 0.384 e. The van der Waals surface area contributed by atoms with Crippen LogP contribution < -0.4 is 10.0 Å². The monoisotopic (exact) mass is 307 g/mol. The van der Waals surface area contributed by atoms with Crippen molar-refractivity contribution in [2.24, 2.45) is 5.73 Å². The van der Waals surface area contributed by atoms with Crippen molar-refractivity contribution in [3.05, 3.63) is 59.9 Å². The average Bonchev–Trinajstić information content (AvgIpc) is 2.46. The van der Waals surface area contributed by atoms with E-state index in [-0.39, 0.29) is 5.84 Å². The van der Waals surface area contributed by atoms with Gasteiger partial charge in [-0.05, 0) is 24.3 Å². The number of hydrogen-bond donors (Lipinski definition) is 2. The quantitative estimate of drug-likeness (QED) is 0.668. The van der Waals surface area contributed by atoms with Crippen molar-refractivity contribution < 1.29 is 12.8 Å². The second-order valence-electron chi connectivity index (χ2n) is 4.37. The third-order valence-electron chi connectivity index (χ3n) is 3.00. The van der Waals surface area contributed by atoms with Crippen LogP contribution in [0.25, 0.3) is 0 Å². The number of amidine groups is 1. The molecule has 0 aliphatic carbocycles. The van der Waals surface area contributed by atoms with Crippen LogP contribution >= 0.6 is 0 Å². The summed E-state index contributed by atoms with van der Waals surface area (Å²) in [5.74, 6) is -0.986. The Morgan fingerprint density at radius 2 is 1.86 bits per heavy atom. The molecular weight excluding hydrogens is 293 g/mol. The first kappa shape index (κ1) is 15.0. The predicted molar refractivity (Wildman–Crippen MR) is 79.4 cm³/mol. The number of hydrogen-bond acceptors (Lipinski definition) is 3. The molecule has 0 spiro atoms. The van der Waals surface area contributed by atoms with Crippen LogP contribution in [0.4, 0.5) is 10.1 Å². The van der Waals surface area contributed by atoms with E-state index in [2.05, 4.69) is 0 Å². The van der Waals surface area contributed by atoms with E-state index in [0.29, 0.717) is 11.3 Å². The molecule has 0 aliphatic heterocycles. The van der Waals surface area contributed by atoms with E-state index in [1.54, 1.807) is 18.2 Å². The smallest absolute Gasteiger partial charge is 0.266 e. The van der Waals surface area contributed by atoms with Gasteiger partial charge in [-0.15, -0.1) is 0 Å². The fourth-order valence-electron chi connectivity index (χ4n) is 1.81. The van der Waals surface area contributed by atoms with Gasteiger partial charge in [0.2, 0.25) is 0 Å². The van der Waals surface area contributed by atoms with E-state index < -0.39 is 20.7 Å². The minimum atomic E-state index is -4.02. The number of rotatable bonds is 4. The summed E-state index contributed by atoms with van der Waals surface area (Å²) in [6.45, 7) is 0. The fourth-order valence-corrected chi connectivity index (χ4v) is 3.06. The summed E-state index contributed by atoms with van der Waals surface area (Å²) in [7, 11) is -2.70. The molecule has 0 unspecified atom stereocenters. The lowest BCUT2D eigenvalue weighted by molar-refractivity contribution is 0.566. The Labute approximate surface area is 122 Å². The summed E-state index contributed by atoms with van der Waals surface area (Å²) in [6, 6.07) is 11.4. The van der Waals surface area contributed by atoms with E-state index in [0.717, 1.165) is 10.4 Å². The Morgan fingerprint density at radius 1 is 1.19 bits per heavy atom. The summed E-state index contributed by atoms with van der Waals surface area (Å²) in [5.41, 5.74) is 6.07. The van der Waals surface area contributed by atoms with E-state index in [9.17, 15) is 12.8 Å². The van der Waals surface area contributed by atoms with Crippen molar-refractivity contribution in [3.8, 4) is 0 Å². The first-order valence-electron chi connectivity index (χ1n) is 6.02. The summed E-state index contributed by atoms with van der Waals surface area (Å²) in [4.78, 5) is -0.402. The molecule has 7 heteroatoms. The predicted octanol–water partition coefficient (Wildman–Crippen LogP) is 1.93. The van der Waals surface area contributed by atoms with Gasteiger partial charge < -0.3 is 5.73 Å². The van der Waals surface area contributed by atoms with E-state index in [1.807, 2.05) is 0 Å². The van der Waals surface area contributed by atoms with Gasteiger partial charge in [-0.25, -0.2) is 12.8 Å². The Kier molecular flexibility index (Phi) is 3.95. The highest BCUT2D eigenvalue weighted by Crippen LogP contribution is 2.24. The third-order valence-corrected chi connectivity index (χ3v) is 4.81. The van der Waals surface area contributed by atoms with Gasteiger partial charge in [-0.2, -0.15) is 0 Å². The number of benzene rings is 2. The number of nitrogens with zero attached hydrogens (tertiary/aromatic N) is 1. The van der Waals surface area contributed by atoms with E-state index >= 15 is 0 Å². The zero-order chi connectivity index (χ0) is 15.6. The highest BCUT2D eigenvalue weighted by Gasteiger charge is 2.24. The van der Waals surface area contributed by atoms with Crippen molar-refractivity contribution in [2.75, 3.05) is 11.4 Å². The maximum absolute atomic E-state index is 13.7. The number of halogens is 1. The fraction of sp³-hybridized carbons (Fsp3) is 0.0714.